The number of rotatable bonds is 9. The average molecular weight is 587 g/mol. The van der Waals surface area contributed by atoms with E-state index in [2.05, 4.69) is 21.3 Å². The third-order valence-electron chi connectivity index (χ3n) is 8.75. The van der Waals surface area contributed by atoms with Gasteiger partial charge in [-0.2, -0.15) is 0 Å². The molecule has 3 aromatic carbocycles. The summed E-state index contributed by atoms with van der Waals surface area (Å²) >= 11 is 0. The van der Waals surface area contributed by atoms with Crippen LogP contribution in [-0.2, 0) is 9.59 Å². The van der Waals surface area contributed by atoms with Crippen molar-refractivity contribution in [3.8, 4) is 11.5 Å². The Labute approximate surface area is 247 Å². The second-order valence-electron chi connectivity index (χ2n) is 11.9. The van der Waals surface area contributed by atoms with E-state index in [9.17, 15) is 14.0 Å². The fourth-order valence-corrected chi connectivity index (χ4v) is 5.83. The Balaban J connectivity index is 0.969. The number of ether oxygens (including phenoxy) is 2. The number of hydrogen-bond acceptors (Lipinski definition) is 6. The Morgan fingerprint density at radius 2 is 1.63 bits per heavy atom. The number of anilines is 3. The molecule has 3 aromatic rings. The molecule has 4 aliphatic rings. The molecule has 1 unspecified atom stereocenters. The Morgan fingerprint density at radius 1 is 0.884 bits per heavy atom. The molecule has 2 amide bonds. The molecule has 222 valence electrons. The second-order valence-corrected chi connectivity index (χ2v) is 11.9. The number of fused-ring (bicyclic) bond motifs is 1. The van der Waals surface area contributed by atoms with E-state index in [1.54, 1.807) is 0 Å². The van der Waals surface area contributed by atoms with Crippen molar-refractivity contribution in [2.75, 3.05) is 29.1 Å². The number of hydrogen-bond donors (Lipinski definition) is 4. The first-order valence-corrected chi connectivity index (χ1v) is 14.7. The minimum Gasteiger partial charge on any atom is -0.492 e. The SMILES string of the molecule is O=C(Nc1ccc(F)cc1)C1(C(=O)Nc2ccc(OC3=CCNc4cc(OCC5CCC6(CC6)N5)ccc43)c(F)c2)CC1. The number of halogens is 2. The summed E-state index contributed by atoms with van der Waals surface area (Å²) in [5.41, 5.74) is 1.35. The van der Waals surface area contributed by atoms with Crippen molar-refractivity contribution in [2.24, 2.45) is 5.41 Å². The maximum Gasteiger partial charge on any atom is 0.240 e. The van der Waals surface area contributed by atoms with Crippen LogP contribution in [0.4, 0.5) is 25.8 Å². The van der Waals surface area contributed by atoms with Gasteiger partial charge in [0.2, 0.25) is 11.8 Å². The molecule has 2 heterocycles. The Hall–Kier alpha value is -4.44. The van der Waals surface area contributed by atoms with E-state index in [1.165, 1.54) is 61.7 Å². The minimum atomic E-state index is -1.25. The largest absolute Gasteiger partial charge is 0.492 e. The maximum atomic E-state index is 15.1. The van der Waals surface area contributed by atoms with Crippen molar-refractivity contribution in [3.05, 3.63) is 83.9 Å². The van der Waals surface area contributed by atoms with Crippen molar-refractivity contribution in [3.63, 3.8) is 0 Å². The van der Waals surface area contributed by atoms with Crippen LogP contribution in [-0.4, -0.2) is 36.5 Å². The predicted octanol–water partition coefficient (Wildman–Crippen LogP) is 5.83. The molecule has 10 heteroatoms. The van der Waals surface area contributed by atoms with E-state index in [0.717, 1.165) is 23.4 Å². The van der Waals surface area contributed by atoms with Gasteiger partial charge >= 0.3 is 0 Å². The molecule has 1 atom stereocenters. The lowest BCUT2D eigenvalue weighted by atomic mass is 10.0. The van der Waals surface area contributed by atoms with E-state index in [4.69, 9.17) is 9.47 Å². The zero-order valence-corrected chi connectivity index (χ0v) is 23.5. The minimum absolute atomic E-state index is 0.00827. The van der Waals surface area contributed by atoms with Gasteiger partial charge in [0.25, 0.3) is 0 Å². The summed E-state index contributed by atoms with van der Waals surface area (Å²) in [6.07, 6.45) is 7.44. The highest BCUT2D eigenvalue weighted by Gasteiger charge is 2.56. The number of carbonyl (C=O) groups is 2. The summed E-state index contributed by atoms with van der Waals surface area (Å²) in [5.74, 6) is -0.807. The van der Waals surface area contributed by atoms with Crippen LogP contribution in [0.1, 0.15) is 44.1 Å². The molecule has 2 aliphatic carbocycles. The first kappa shape index (κ1) is 27.4. The van der Waals surface area contributed by atoms with Crippen LogP contribution in [0, 0.1) is 17.0 Å². The molecule has 8 nitrogen and oxygen atoms in total. The number of carbonyl (C=O) groups excluding carboxylic acids is 2. The van der Waals surface area contributed by atoms with Gasteiger partial charge in [-0.3, -0.25) is 9.59 Å². The van der Waals surface area contributed by atoms with Crippen LogP contribution in [0.25, 0.3) is 5.76 Å². The predicted molar refractivity (Wildman–Crippen MR) is 159 cm³/mol. The van der Waals surface area contributed by atoms with Gasteiger partial charge in [0.15, 0.2) is 11.6 Å². The topological polar surface area (TPSA) is 101 Å². The fraction of sp³-hybridized carbons (Fsp3) is 0.333. The van der Waals surface area contributed by atoms with Gasteiger partial charge in [-0.15, -0.1) is 0 Å². The molecular formula is C33H32F2N4O4. The molecule has 2 saturated carbocycles. The Bertz CT molecular complexity index is 1620. The summed E-state index contributed by atoms with van der Waals surface area (Å²) in [6.45, 7) is 1.13. The summed E-state index contributed by atoms with van der Waals surface area (Å²) in [4.78, 5) is 25.8. The molecular weight excluding hydrogens is 554 g/mol. The van der Waals surface area contributed by atoms with E-state index in [-0.39, 0.29) is 11.4 Å². The lowest BCUT2D eigenvalue weighted by molar-refractivity contribution is -0.131. The van der Waals surface area contributed by atoms with Gasteiger partial charge in [0.1, 0.15) is 29.3 Å². The van der Waals surface area contributed by atoms with Crippen molar-refractivity contribution < 1.29 is 27.8 Å². The first-order chi connectivity index (χ1) is 20.8. The van der Waals surface area contributed by atoms with Crippen molar-refractivity contribution in [1.29, 1.82) is 0 Å². The van der Waals surface area contributed by atoms with Gasteiger partial charge in [-0.25, -0.2) is 8.78 Å². The second kappa shape index (κ2) is 10.7. The molecule has 2 aliphatic heterocycles. The lowest BCUT2D eigenvalue weighted by Gasteiger charge is -2.21. The zero-order chi connectivity index (χ0) is 29.6. The molecule has 43 heavy (non-hydrogen) atoms. The highest BCUT2D eigenvalue weighted by atomic mass is 19.1. The van der Waals surface area contributed by atoms with Crippen molar-refractivity contribution in [1.82, 2.24) is 5.32 Å². The Morgan fingerprint density at radius 3 is 2.33 bits per heavy atom. The van der Waals surface area contributed by atoms with Crippen LogP contribution < -0.4 is 30.7 Å². The third kappa shape index (κ3) is 5.67. The molecule has 3 fully saturated rings. The zero-order valence-electron chi connectivity index (χ0n) is 23.5. The number of amides is 2. The summed E-state index contributed by atoms with van der Waals surface area (Å²) in [7, 11) is 0. The van der Waals surface area contributed by atoms with Gasteiger partial charge < -0.3 is 30.7 Å². The van der Waals surface area contributed by atoms with Crippen molar-refractivity contribution in [2.45, 2.75) is 50.1 Å². The normalized spacial score (nSPS) is 20.3. The fourth-order valence-electron chi connectivity index (χ4n) is 5.83. The van der Waals surface area contributed by atoms with Gasteiger partial charge in [0.05, 0.1) is 0 Å². The lowest BCUT2D eigenvalue weighted by Crippen LogP contribution is -2.35. The van der Waals surface area contributed by atoms with E-state index >= 15 is 4.39 Å². The number of nitrogens with one attached hydrogen (secondary N) is 4. The molecule has 7 rings (SSSR count). The van der Waals surface area contributed by atoms with Gasteiger partial charge in [-0.05, 0) is 93.1 Å². The van der Waals surface area contributed by atoms with E-state index in [0.29, 0.717) is 49.0 Å². The molecule has 1 saturated heterocycles. The smallest absolute Gasteiger partial charge is 0.240 e. The summed E-state index contributed by atoms with van der Waals surface area (Å²) in [6, 6.07) is 15.5. The van der Waals surface area contributed by atoms with Crippen LogP contribution in [0.2, 0.25) is 0 Å². The average Bonchev–Trinajstić information content (AvgIpc) is 3.92. The summed E-state index contributed by atoms with van der Waals surface area (Å²) in [5, 5.41) is 12.3. The van der Waals surface area contributed by atoms with Crippen LogP contribution in [0.5, 0.6) is 11.5 Å². The van der Waals surface area contributed by atoms with E-state index in [1.807, 2.05) is 24.3 Å². The Kier molecular flexibility index (Phi) is 6.80. The number of benzene rings is 3. The third-order valence-corrected chi connectivity index (χ3v) is 8.75. The molecule has 0 aromatic heterocycles. The molecule has 0 radical (unpaired) electrons. The summed E-state index contributed by atoms with van der Waals surface area (Å²) < 4.78 is 40.4. The highest BCUT2D eigenvalue weighted by Crippen LogP contribution is 2.48. The highest BCUT2D eigenvalue weighted by molar-refractivity contribution is 6.16. The van der Waals surface area contributed by atoms with E-state index < -0.39 is 28.9 Å². The molecule has 4 N–H and O–H groups in total. The first-order valence-electron chi connectivity index (χ1n) is 14.7. The quantitative estimate of drug-likeness (QED) is 0.236. The standard InChI is InChI=1S/C33H32F2N4O4/c34-20-1-3-21(4-2-20)37-30(40)33(14-15-33)31(41)38-22-5-8-29(26(35)17-22)43-28-10-16-36-27-18-24(6-7-25(27)28)42-19-23-9-11-32(39-23)12-13-32/h1-8,10,17-18,23,36,39H,9,11-16,19H2,(H,37,40)(H,38,41). The van der Waals surface area contributed by atoms with Crippen LogP contribution in [0.15, 0.2) is 66.7 Å². The van der Waals surface area contributed by atoms with Crippen molar-refractivity contribution >= 4 is 34.6 Å². The molecule has 1 spiro atoms. The maximum absolute atomic E-state index is 15.1. The monoisotopic (exact) mass is 586 g/mol. The van der Waals surface area contributed by atoms with Crippen LogP contribution in [0.3, 0.4) is 0 Å². The van der Waals surface area contributed by atoms with Crippen LogP contribution >= 0.6 is 0 Å². The van der Waals surface area contributed by atoms with Gasteiger partial charge in [-0.1, -0.05) is 0 Å². The molecule has 0 bridgehead atoms. The van der Waals surface area contributed by atoms with Gasteiger partial charge in [0, 0.05) is 52.9 Å².